The van der Waals surface area contributed by atoms with Gasteiger partial charge in [-0.05, 0) is 37.1 Å². The first kappa shape index (κ1) is 8.74. The molecule has 0 saturated heterocycles. The summed E-state index contributed by atoms with van der Waals surface area (Å²) in [6, 6.07) is 6.06. The molecule has 0 bridgehead atoms. The van der Waals surface area contributed by atoms with Crippen LogP contribution in [0.25, 0.3) is 5.69 Å². The summed E-state index contributed by atoms with van der Waals surface area (Å²) in [5, 5.41) is 8.07. The quantitative estimate of drug-likeness (QED) is 0.737. The maximum absolute atomic E-state index is 5.49. The van der Waals surface area contributed by atoms with Crippen molar-refractivity contribution in [2.45, 2.75) is 13.8 Å². The van der Waals surface area contributed by atoms with Crippen LogP contribution >= 0.6 is 0 Å². The number of aryl methyl sites for hydroxylation is 2. The maximum atomic E-state index is 5.49. The summed E-state index contributed by atoms with van der Waals surface area (Å²) < 4.78 is 0. The van der Waals surface area contributed by atoms with Gasteiger partial charge in [-0.15, -0.1) is 9.90 Å². The molecule has 2 N–H and O–H groups in total. The second kappa shape index (κ2) is 3.14. The van der Waals surface area contributed by atoms with Crippen LogP contribution in [0.15, 0.2) is 24.4 Å². The topological polar surface area (TPSA) is 56.7 Å². The standard InChI is InChI=1S/C10H12N4/c1-7-3-4-9(5-8(7)2)14-12-6-10(11)13-14/h3-6H,1-2H3,(H2,11,13). The molecule has 0 unspecified atom stereocenters. The summed E-state index contributed by atoms with van der Waals surface area (Å²) in [5.41, 5.74) is 8.90. The number of aromatic nitrogens is 3. The Bertz CT molecular complexity index is 459. The predicted octanol–water partition coefficient (Wildman–Crippen LogP) is 1.47. The SMILES string of the molecule is Cc1ccc(-n2ncc(N)n2)cc1C. The van der Waals surface area contributed by atoms with Gasteiger partial charge < -0.3 is 5.73 Å². The molecular weight excluding hydrogens is 176 g/mol. The Kier molecular flexibility index (Phi) is 1.96. The fraction of sp³-hybridized carbons (Fsp3) is 0.200. The van der Waals surface area contributed by atoms with Gasteiger partial charge in [-0.2, -0.15) is 5.10 Å². The molecule has 0 spiro atoms. The second-order valence-electron chi connectivity index (χ2n) is 3.33. The zero-order valence-corrected chi connectivity index (χ0v) is 8.23. The molecule has 0 amide bonds. The van der Waals surface area contributed by atoms with E-state index in [-0.39, 0.29) is 0 Å². The van der Waals surface area contributed by atoms with Crippen LogP contribution in [-0.2, 0) is 0 Å². The Morgan fingerprint density at radius 3 is 2.57 bits per heavy atom. The van der Waals surface area contributed by atoms with E-state index in [9.17, 15) is 0 Å². The first-order chi connectivity index (χ1) is 6.66. The van der Waals surface area contributed by atoms with E-state index in [1.807, 2.05) is 18.2 Å². The van der Waals surface area contributed by atoms with Crippen LogP contribution in [0.5, 0.6) is 0 Å². The van der Waals surface area contributed by atoms with E-state index in [1.165, 1.54) is 22.1 Å². The summed E-state index contributed by atoms with van der Waals surface area (Å²) in [6.07, 6.45) is 1.54. The predicted molar refractivity (Wildman–Crippen MR) is 55.2 cm³/mol. The average Bonchev–Trinajstić information content (AvgIpc) is 2.57. The molecule has 0 radical (unpaired) electrons. The van der Waals surface area contributed by atoms with Crippen LogP contribution in [0.3, 0.4) is 0 Å². The zero-order valence-electron chi connectivity index (χ0n) is 8.23. The highest BCUT2D eigenvalue weighted by Gasteiger charge is 2.01. The van der Waals surface area contributed by atoms with Crippen molar-refractivity contribution >= 4 is 5.82 Å². The lowest BCUT2D eigenvalue weighted by Gasteiger charge is -2.03. The Hall–Kier alpha value is -1.84. The van der Waals surface area contributed by atoms with Crippen molar-refractivity contribution in [3.8, 4) is 5.69 Å². The molecule has 2 rings (SSSR count). The average molecular weight is 188 g/mol. The molecule has 1 aromatic carbocycles. The molecule has 14 heavy (non-hydrogen) atoms. The summed E-state index contributed by atoms with van der Waals surface area (Å²) in [7, 11) is 0. The Labute approximate surface area is 82.4 Å². The van der Waals surface area contributed by atoms with Gasteiger partial charge in [0, 0.05) is 0 Å². The maximum Gasteiger partial charge on any atom is 0.166 e. The molecule has 0 aliphatic rings. The van der Waals surface area contributed by atoms with E-state index in [4.69, 9.17) is 5.73 Å². The van der Waals surface area contributed by atoms with Crippen molar-refractivity contribution in [3.05, 3.63) is 35.5 Å². The monoisotopic (exact) mass is 188 g/mol. The first-order valence-corrected chi connectivity index (χ1v) is 4.42. The van der Waals surface area contributed by atoms with E-state index in [0.29, 0.717) is 5.82 Å². The first-order valence-electron chi connectivity index (χ1n) is 4.42. The number of rotatable bonds is 1. The molecule has 72 valence electrons. The molecule has 2 aromatic rings. The third kappa shape index (κ3) is 1.46. The van der Waals surface area contributed by atoms with Crippen LogP contribution in [0.1, 0.15) is 11.1 Å². The molecule has 1 aromatic heterocycles. The number of nitrogens with zero attached hydrogens (tertiary/aromatic N) is 3. The van der Waals surface area contributed by atoms with Crippen LogP contribution in [-0.4, -0.2) is 15.0 Å². The van der Waals surface area contributed by atoms with Crippen molar-refractivity contribution in [2.24, 2.45) is 0 Å². The molecule has 1 heterocycles. The number of hydrogen-bond donors (Lipinski definition) is 1. The molecular formula is C10H12N4. The molecule has 0 saturated carbocycles. The smallest absolute Gasteiger partial charge is 0.166 e. The highest BCUT2D eigenvalue weighted by Crippen LogP contribution is 2.12. The van der Waals surface area contributed by atoms with E-state index in [1.54, 1.807) is 0 Å². The van der Waals surface area contributed by atoms with Crippen molar-refractivity contribution in [1.82, 2.24) is 15.0 Å². The number of anilines is 1. The minimum atomic E-state index is 0.434. The summed E-state index contributed by atoms with van der Waals surface area (Å²) >= 11 is 0. The minimum absolute atomic E-state index is 0.434. The van der Waals surface area contributed by atoms with Crippen molar-refractivity contribution < 1.29 is 0 Å². The van der Waals surface area contributed by atoms with Gasteiger partial charge in [-0.25, -0.2) is 0 Å². The fourth-order valence-electron chi connectivity index (χ4n) is 1.25. The highest BCUT2D eigenvalue weighted by molar-refractivity contribution is 5.38. The largest absolute Gasteiger partial charge is 0.381 e. The van der Waals surface area contributed by atoms with Gasteiger partial charge in [0.05, 0.1) is 11.9 Å². The Balaban J connectivity index is 2.47. The van der Waals surface area contributed by atoms with Gasteiger partial charge in [0.2, 0.25) is 0 Å². The van der Waals surface area contributed by atoms with Gasteiger partial charge in [-0.3, -0.25) is 0 Å². The normalized spacial score (nSPS) is 10.4. The Morgan fingerprint density at radius 2 is 2.00 bits per heavy atom. The highest BCUT2D eigenvalue weighted by atomic mass is 15.5. The zero-order chi connectivity index (χ0) is 10.1. The number of benzene rings is 1. The van der Waals surface area contributed by atoms with Crippen LogP contribution in [0.4, 0.5) is 5.82 Å². The van der Waals surface area contributed by atoms with E-state index < -0.39 is 0 Å². The second-order valence-corrected chi connectivity index (χ2v) is 3.33. The summed E-state index contributed by atoms with van der Waals surface area (Å²) in [4.78, 5) is 1.53. The van der Waals surface area contributed by atoms with Crippen LogP contribution in [0, 0.1) is 13.8 Å². The molecule has 4 heteroatoms. The molecule has 0 atom stereocenters. The lowest BCUT2D eigenvalue weighted by Crippen LogP contribution is -2.00. The molecule has 0 aliphatic carbocycles. The van der Waals surface area contributed by atoms with Gasteiger partial charge in [0.1, 0.15) is 0 Å². The summed E-state index contributed by atoms with van der Waals surface area (Å²) in [6.45, 7) is 4.13. The van der Waals surface area contributed by atoms with E-state index >= 15 is 0 Å². The van der Waals surface area contributed by atoms with E-state index in [0.717, 1.165) is 5.69 Å². The molecule has 0 fully saturated rings. The third-order valence-electron chi connectivity index (χ3n) is 2.23. The fourth-order valence-corrected chi connectivity index (χ4v) is 1.25. The van der Waals surface area contributed by atoms with E-state index in [2.05, 4.69) is 24.0 Å². The van der Waals surface area contributed by atoms with Crippen molar-refractivity contribution in [1.29, 1.82) is 0 Å². The number of hydrogen-bond acceptors (Lipinski definition) is 3. The Morgan fingerprint density at radius 1 is 1.21 bits per heavy atom. The lowest BCUT2D eigenvalue weighted by atomic mass is 10.1. The summed E-state index contributed by atoms with van der Waals surface area (Å²) in [5.74, 6) is 0.434. The van der Waals surface area contributed by atoms with Gasteiger partial charge in [-0.1, -0.05) is 6.07 Å². The van der Waals surface area contributed by atoms with Crippen LogP contribution < -0.4 is 5.73 Å². The van der Waals surface area contributed by atoms with Gasteiger partial charge in [0.15, 0.2) is 5.82 Å². The molecule has 0 aliphatic heterocycles. The lowest BCUT2D eigenvalue weighted by molar-refractivity contribution is 0.753. The van der Waals surface area contributed by atoms with Crippen LogP contribution in [0.2, 0.25) is 0 Å². The minimum Gasteiger partial charge on any atom is -0.381 e. The molecule has 4 nitrogen and oxygen atoms in total. The number of nitrogens with two attached hydrogens (primary N) is 1. The van der Waals surface area contributed by atoms with Gasteiger partial charge >= 0.3 is 0 Å². The van der Waals surface area contributed by atoms with Gasteiger partial charge in [0.25, 0.3) is 0 Å². The van der Waals surface area contributed by atoms with Crippen molar-refractivity contribution in [2.75, 3.05) is 5.73 Å². The number of nitrogen functional groups attached to an aromatic ring is 1. The third-order valence-corrected chi connectivity index (χ3v) is 2.23. The van der Waals surface area contributed by atoms with Crippen molar-refractivity contribution in [3.63, 3.8) is 0 Å².